The zero-order valence-corrected chi connectivity index (χ0v) is 12.9. The lowest BCUT2D eigenvalue weighted by atomic mass is 9.59. The molecule has 22 heavy (non-hydrogen) atoms. The fourth-order valence-electron chi connectivity index (χ4n) is 3.85. The summed E-state index contributed by atoms with van der Waals surface area (Å²) in [5.74, 6) is -0.583. The summed E-state index contributed by atoms with van der Waals surface area (Å²) >= 11 is 0. The first-order valence-electron chi connectivity index (χ1n) is 7.20. The van der Waals surface area contributed by atoms with Gasteiger partial charge in [0.25, 0.3) is 0 Å². The molecule has 0 aromatic carbocycles. The van der Waals surface area contributed by atoms with Gasteiger partial charge in [-0.1, -0.05) is 27.7 Å². The van der Waals surface area contributed by atoms with E-state index in [9.17, 15) is 18.0 Å². The van der Waals surface area contributed by atoms with Gasteiger partial charge in [0.15, 0.2) is 5.82 Å². The Morgan fingerprint density at radius 3 is 2.41 bits per heavy atom. The summed E-state index contributed by atoms with van der Waals surface area (Å²) in [5, 5.41) is 5.80. The maximum atomic E-state index is 13.2. The van der Waals surface area contributed by atoms with Crippen LogP contribution in [0.1, 0.15) is 51.8 Å². The highest BCUT2D eigenvalue weighted by atomic mass is 19.4. The third-order valence-electron chi connectivity index (χ3n) is 4.61. The average molecular weight is 313 g/mol. The van der Waals surface area contributed by atoms with Gasteiger partial charge >= 0.3 is 6.18 Å². The molecule has 1 aliphatic carbocycles. The van der Waals surface area contributed by atoms with Crippen LogP contribution in [0.3, 0.4) is 0 Å². The van der Waals surface area contributed by atoms with Crippen molar-refractivity contribution in [2.24, 2.45) is 16.3 Å². The van der Waals surface area contributed by atoms with Crippen LogP contribution in [0.4, 0.5) is 19.0 Å². The van der Waals surface area contributed by atoms with E-state index in [1.165, 1.54) is 0 Å². The van der Waals surface area contributed by atoms with Crippen LogP contribution in [0.2, 0.25) is 0 Å². The Bertz CT molecular complexity index is 683. The van der Waals surface area contributed by atoms with Crippen LogP contribution in [0, 0.1) is 11.3 Å². The lowest BCUT2D eigenvalue weighted by Gasteiger charge is -2.44. The molecule has 1 aromatic heterocycles. The van der Waals surface area contributed by atoms with Crippen molar-refractivity contribution in [1.29, 1.82) is 0 Å². The Morgan fingerprint density at radius 1 is 1.18 bits per heavy atom. The predicted octanol–water partition coefficient (Wildman–Crippen LogP) is 3.80. The predicted molar refractivity (Wildman–Crippen MR) is 75.2 cm³/mol. The summed E-state index contributed by atoms with van der Waals surface area (Å²) < 4.78 is 39.6. The molecule has 0 amide bonds. The fraction of sp³-hybridized carbons (Fsp3) is 0.667. The molecular formula is C15H18F3N3O. The Kier molecular flexibility index (Phi) is 2.91. The Labute approximate surface area is 126 Å². The van der Waals surface area contributed by atoms with Crippen molar-refractivity contribution in [3.63, 3.8) is 0 Å². The SMILES string of the molecule is CC1(C)CC(=O)C2C(=Nc3n[nH]c(C(F)(F)F)c3C2(C)C)C1. The van der Waals surface area contributed by atoms with Gasteiger partial charge in [-0.05, 0) is 11.8 Å². The molecule has 0 bridgehead atoms. The number of fused-ring (bicyclic) bond motifs is 2. The first-order chi connectivity index (χ1) is 9.93. The molecule has 3 rings (SSSR count). The van der Waals surface area contributed by atoms with Gasteiger partial charge in [0, 0.05) is 23.1 Å². The van der Waals surface area contributed by atoms with E-state index in [2.05, 4.69) is 15.2 Å². The van der Waals surface area contributed by atoms with Crippen molar-refractivity contribution in [2.45, 2.75) is 52.1 Å². The topological polar surface area (TPSA) is 58.1 Å². The molecule has 120 valence electrons. The summed E-state index contributed by atoms with van der Waals surface area (Å²) in [4.78, 5) is 16.9. The maximum absolute atomic E-state index is 13.2. The van der Waals surface area contributed by atoms with Crippen LogP contribution in [0.5, 0.6) is 0 Å². The lowest BCUT2D eigenvalue weighted by molar-refractivity contribution is -0.143. The number of nitrogens with one attached hydrogen (secondary N) is 1. The van der Waals surface area contributed by atoms with Crippen LogP contribution >= 0.6 is 0 Å². The van der Waals surface area contributed by atoms with E-state index in [0.717, 1.165) is 0 Å². The number of rotatable bonds is 0. The molecule has 4 nitrogen and oxygen atoms in total. The van der Waals surface area contributed by atoms with Crippen molar-refractivity contribution in [3.05, 3.63) is 11.3 Å². The van der Waals surface area contributed by atoms with Gasteiger partial charge in [-0.2, -0.15) is 18.3 Å². The number of aromatic amines is 1. The molecule has 1 aliphatic heterocycles. The molecule has 0 radical (unpaired) electrons. The number of Topliss-reactive ketones (excluding diaryl/α,β-unsaturated/α-hetero) is 1. The Morgan fingerprint density at radius 2 is 1.82 bits per heavy atom. The second kappa shape index (κ2) is 4.20. The quantitative estimate of drug-likeness (QED) is 0.792. The van der Waals surface area contributed by atoms with Gasteiger partial charge in [-0.25, -0.2) is 4.99 Å². The molecule has 1 N–H and O–H groups in total. The molecule has 0 saturated heterocycles. The van der Waals surface area contributed by atoms with E-state index in [4.69, 9.17) is 0 Å². The van der Waals surface area contributed by atoms with Crippen molar-refractivity contribution in [1.82, 2.24) is 10.2 Å². The summed E-state index contributed by atoms with van der Waals surface area (Å²) in [5.41, 5.74) is -1.44. The number of hydrogen-bond acceptors (Lipinski definition) is 3. The van der Waals surface area contributed by atoms with E-state index in [1.807, 2.05) is 13.8 Å². The van der Waals surface area contributed by atoms with Crippen LogP contribution in [0.15, 0.2) is 4.99 Å². The van der Waals surface area contributed by atoms with Gasteiger partial charge in [-0.3, -0.25) is 9.89 Å². The van der Waals surface area contributed by atoms with Crippen molar-refractivity contribution >= 4 is 17.3 Å². The second-order valence-corrected chi connectivity index (χ2v) is 7.54. The first-order valence-corrected chi connectivity index (χ1v) is 7.20. The normalized spacial score (nSPS) is 26.2. The van der Waals surface area contributed by atoms with Crippen LogP contribution in [-0.2, 0) is 16.4 Å². The van der Waals surface area contributed by atoms with Crippen molar-refractivity contribution in [2.75, 3.05) is 0 Å². The maximum Gasteiger partial charge on any atom is 0.433 e. The summed E-state index contributed by atoms with van der Waals surface area (Å²) in [6.07, 6.45) is -3.59. The molecule has 7 heteroatoms. The molecule has 1 saturated carbocycles. The Balaban J connectivity index is 2.21. The van der Waals surface area contributed by atoms with E-state index in [-0.39, 0.29) is 22.6 Å². The number of carbonyl (C=O) groups excluding carboxylic acids is 1. The minimum absolute atomic E-state index is 0.00167. The standard InChI is InChI=1S/C15H18F3N3O/c1-13(2)5-7-9(8(22)6-13)14(3,4)10-11(15(16,17)18)20-21-12(10)19-7/h9H,5-6H2,1-4H3,(H,20,21). The number of carbonyl (C=O) groups is 1. The van der Waals surface area contributed by atoms with Gasteiger partial charge in [0.1, 0.15) is 11.5 Å². The zero-order valence-electron chi connectivity index (χ0n) is 12.9. The number of halogens is 3. The zero-order chi connectivity index (χ0) is 16.5. The molecule has 1 aromatic rings. The monoisotopic (exact) mass is 313 g/mol. The molecule has 2 heterocycles. The summed E-state index contributed by atoms with van der Waals surface area (Å²) in [6, 6.07) is 0. The molecule has 1 unspecified atom stereocenters. The number of H-pyrrole nitrogens is 1. The van der Waals surface area contributed by atoms with E-state index in [1.54, 1.807) is 13.8 Å². The van der Waals surface area contributed by atoms with Crippen LogP contribution in [0.25, 0.3) is 0 Å². The van der Waals surface area contributed by atoms with Crippen LogP contribution < -0.4 is 0 Å². The highest BCUT2D eigenvalue weighted by Crippen LogP contribution is 2.51. The number of alkyl halides is 3. The van der Waals surface area contributed by atoms with E-state index < -0.39 is 23.2 Å². The van der Waals surface area contributed by atoms with E-state index >= 15 is 0 Å². The molecule has 1 fully saturated rings. The Hall–Kier alpha value is -1.66. The average Bonchev–Trinajstić information content (AvgIpc) is 2.69. The second-order valence-electron chi connectivity index (χ2n) is 7.54. The largest absolute Gasteiger partial charge is 0.433 e. The minimum Gasteiger partial charge on any atom is -0.299 e. The smallest absolute Gasteiger partial charge is 0.299 e. The molecular weight excluding hydrogens is 295 g/mol. The minimum atomic E-state index is -4.54. The number of aromatic nitrogens is 2. The molecule has 0 spiro atoms. The summed E-state index contributed by atoms with van der Waals surface area (Å²) in [6.45, 7) is 7.29. The number of nitrogens with zero attached hydrogens (tertiary/aromatic N) is 2. The first kappa shape index (κ1) is 15.2. The summed E-state index contributed by atoms with van der Waals surface area (Å²) in [7, 11) is 0. The van der Waals surface area contributed by atoms with Gasteiger partial charge in [0.2, 0.25) is 0 Å². The van der Waals surface area contributed by atoms with Crippen molar-refractivity contribution < 1.29 is 18.0 Å². The van der Waals surface area contributed by atoms with Gasteiger partial charge < -0.3 is 0 Å². The molecule has 1 atom stereocenters. The number of aliphatic imine (C=N–C) groups is 1. The third kappa shape index (κ3) is 2.09. The number of ketones is 1. The highest BCUT2D eigenvalue weighted by molar-refractivity contribution is 6.11. The highest BCUT2D eigenvalue weighted by Gasteiger charge is 2.53. The van der Waals surface area contributed by atoms with Gasteiger partial charge in [-0.15, -0.1) is 0 Å². The third-order valence-corrected chi connectivity index (χ3v) is 4.61. The number of hydrogen-bond donors (Lipinski definition) is 1. The van der Waals surface area contributed by atoms with Gasteiger partial charge in [0.05, 0.1) is 5.92 Å². The molecule has 2 aliphatic rings. The van der Waals surface area contributed by atoms with Crippen LogP contribution in [-0.4, -0.2) is 21.7 Å². The lowest BCUT2D eigenvalue weighted by Crippen LogP contribution is -2.49. The van der Waals surface area contributed by atoms with Crippen molar-refractivity contribution in [3.8, 4) is 0 Å². The van der Waals surface area contributed by atoms with E-state index in [0.29, 0.717) is 18.6 Å². The fourth-order valence-corrected chi connectivity index (χ4v) is 3.85.